The summed E-state index contributed by atoms with van der Waals surface area (Å²) >= 11 is 0. The summed E-state index contributed by atoms with van der Waals surface area (Å²) in [5.41, 5.74) is 0.302. The Bertz CT molecular complexity index is 640. The van der Waals surface area contributed by atoms with E-state index in [4.69, 9.17) is 9.88 Å². The average molecular weight is 312 g/mol. The van der Waals surface area contributed by atoms with Gasteiger partial charge in [-0.15, -0.1) is 0 Å². The van der Waals surface area contributed by atoms with E-state index in [1.807, 2.05) is 0 Å². The predicted molar refractivity (Wildman–Crippen MR) is 76.4 cm³/mol. The van der Waals surface area contributed by atoms with Crippen LogP contribution in [0.25, 0.3) is 0 Å². The lowest BCUT2D eigenvalue weighted by atomic mass is 9.93. The van der Waals surface area contributed by atoms with E-state index in [1.54, 1.807) is 4.57 Å². The number of esters is 1. The number of aromatic nitrogens is 1. The van der Waals surface area contributed by atoms with Crippen LogP contribution in [0.4, 0.5) is 0 Å². The molecule has 116 valence electrons. The maximum absolute atomic E-state index is 12.3. The van der Waals surface area contributed by atoms with E-state index in [-0.39, 0.29) is 17.0 Å². The zero-order chi connectivity index (χ0) is 15.0. The molecule has 7 heteroatoms. The van der Waals surface area contributed by atoms with Crippen molar-refractivity contribution in [2.24, 2.45) is 5.14 Å². The van der Waals surface area contributed by atoms with Gasteiger partial charge in [0, 0.05) is 12.2 Å². The molecule has 0 saturated heterocycles. The molecule has 0 spiro atoms. The number of hydrogen-bond donors (Lipinski definition) is 1. The van der Waals surface area contributed by atoms with Gasteiger partial charge in [0.1, 0.15) is 16.7 Å². The van der Waals surface area contributed by atoms with Crippen molar-refractivity contribution in [2.75, 3.05) is 0 Å². The summed E-state index contributed by atoms with van der Waals surface area (Å²) in [6, 6.07) is 1.51. The smallest absolute Gasteiger partial charge is 0.355 e. The lowest BCUT2D eigenvalue weighted by Gasteiger charge is -2.28. The summed E-state index contributed by atoms with van der Waals surface area (Å²) in [4.78, 5) is 12.3. The van der Waals surface area contributed by atoms with Crippen LogP contribution < -0.4 is 5.14 Å². The van der Waals surface area contributed by atoms with Crippen molar-refractivity contribution in [1.82, 2.24) is 4.57 Å². The molecule has 1 aromatic rings. The fourth-order valence-electron chi connectivity index (χ4n) is 2.96. The maximum Gasteiger partial charge on any atom is 0.355 e. The summed E-state index contributed by atoms with van der Waals surface area (Å²) < 4.78 is 30.2. The Morgan fingerprint density at radius 2 is 1.86 bits per heavy atom. The van der Waals surface area contributed by atoms with Crippen LogP contribution in [0.2, 0.25) is 0 Å². The highest BCUT2D eigenvalue weighted by Crippen LogP contribution is 2.34. The Hall–Kier alpha value is -1.34. The number of carbonyl (C=O) groups excluding carboxylic acids is 1. The maximum atomic E-state index is 12.3. The van der Waals surface area contributed by atoms with Gasteiger partial charge in [-0.05, 0) is 51.0 Å². The van der Waals surface area contributed by atoms with E-state index in [1.165, 1.54) is 12.3 Å². The van der Waals surface area contributed by atoms with E-state index in [0.29, 0.717) is 5.69 Å². The van der Waals surface area contributed by atoms with Gasteiger partial charge in [-0.3, -0.25) is 0 Å². The monoisotopic (exact) mass is 312 g/mol. The Balaban J connectivity index is 1.87. The second kappa shape index (κ2) is 5.46. The van der Waals surface area contributed by atoms with Crippen LogP contribution in [0, 0.1) is 0 Å². The van der Waals surface area contributed by atoms with Crippen LogP contribution in [0.3, 0.4) is 0 Å². The van der Waals surface area contributed by atoms with Crippen LogP contribution >= 0.6 is 0 Å². The normalized spacial score (nSPS) is 20.4. The van der Waals surface area contributed by atoms with E-state index >= 15 is 0 Å². The van der Waals surface area contributed by atoms with Gasteiger partial charge in [-0.2, -0.15) is 0 Å². The molecule has 2 fully saturated rings. The summed E-state index contributed by atoms with van der Waals surface area (Å²) in [5.74, 6) is -0.441. The minimum absolute atomic E-state index is 0.0206. The van der Waals surface area contributed by atoms with Crippen molar-refractivity contribution in [3.63, 3.8) is 0 Å². The van der Waals surface area contributed by atoms with Crippen LogP contribution in [0.1, 0.15) is 61.5 Å². The molecule has 0 aromatic carbocycles. The third-order valence-electron chi connectivity index (χ3n) is 4.41. The van der Waals surface area contributed by atoms with Gasteiger partial charge in [-0.1, -0.05) is 0 Å². The van der Waals surface area contributed by atoms with Crippen molar-refractivity contribution < 1.29 is 17.9 Å². The first kappa shape index (κ1) is 14.6. The number of rotatable bonds is 4. The zero-order valence-corrected chi connectivity index (χ0v) is 12.6. The SMILES string of the molecule is NS(=O)(=O)c1cc(C(=O)OC2CCCC2)n(C2CCC2)c1. The standard InChI is InChI=1S/C14H20N2O4S/c15-21(18,19)12-8-13(16(9-12)10-4-3-5-10)14(17)20-11-6-1-2-7-11/h8-11H,1-7H2,(H2,15,18,19). The molecule has 3 rings (SSSR count). The summed E-state index contributed by atoms with van der Waals surface area (Å²) in [6.45, 7) is 0. The second-order valence-electron chi connectivity index (χ2n) is 5.91. The molecule has 0 aliphatic heterocycles. The molecule has 2 aliphatic carbocycles. The number of carbonyl (C=O) groups is 1. The predicted octanol–water partition coefficient (Wildman–Crippen LogP) is 1.96. The van der Waals surface area contributed by atoms with Crippen molar-refractivity contribution >= 4 is 16.0 Å². The number of nitrogens with two attached hydrogens (primary N) is 1. The number of ether oxygens (including phenoxy) is 1. The molecule has 6 nitrogen and oxygen atoms in total. The molecule has 1 heterocycles. The minimum atomic E-state index is -3.81. The molecule has 0 radical (unpaired) electrons. The van der Waals surface area contributed by atoms with Crippen molar-refractivity contribution in [3.05, 3.63) is 18.0 Å². The molecule has 0 amide bonds. The first-order chi connectivity index (χ1) is 9.95. The number of sulfonamides is 1. The van der Waals surface area contributed by atoms with Crippen LogP contribution in [-0.4, -0.2) is 25.1 Å². The third kappa shape index (κ3) is 2.98. The van der Waals surface area contributed by atoms with Gasteiger partial charge in [-0.25, -0.2) is 18.4 Å². The number of primary sulfonamides is 1. The lowest BCUT2D eigenvalue weighted by Crippen LogP contribution is -2.23. The van der Waals surface area contributed by atoms with Gasteiger partial charge in [0.05, 0.1) is 0 Å². The molecular formula is C14H20N2O4S. The van der Waals surface area contributed by atoms with E-state index in [9.17, 15) is 13.2 Å². The number of nitrogens with zero attached hydrogens (tertiary/aromatic N) is 1. The quantitative estimate of drug-likeness (QED) is 0.860. The molecule has 21 heavy (non-hydrogen) atoms. The molecule has 0 bridgehead atoms. The van der Waals surface area contributed by atoms with Crippen molar-refractivity contribution in [2.45, 2.75) is 62.0 Å². The summed E-state index contributed by atoms with van der Waals surface area (Å²) in [6.07, 6.45) is 8.32. The number of hydrogen-bond acceptors (Lipinski definition) is 4. The zero-order valence-electron chi connectivity index (χ0n) is 11.8. The van der Waals surface area contributed by atoms with Gasteiger partial charge in [0.2, 0.25) is 10.0 Å². The van der Waals surface area contributed by atoms with Crippen LogP contribution in [-0.2, 0) is 14.8 Å². The second-order valence-corrected chi connectivity index (χ2v) is 7.47. The summed E-state index contributed by atoms with van der Waals surface area (Å²) in [5, 5.41) is 5.17. The van der Waals surface area contributed by atoms with Gasteiger partial charge in [0.15, 0.2) is 0 Å². The third-order valence-corrected chi connectivity index (χ3v) is 5.29. The van der Waals surface area contributed by atoms with Gasteiger partial charge in [0.25, 0.3) is 0 Å². The lowest BCUT2D eigenvalue weighted by molar-refractivity contribution is 0.0299. The molecular weight excluding hydrogens is 292 g/mol. The fraction of sp³-hybridized carbons (Fsp3) is 0.643. The van der Waals surface area contributed by atoms with Gasteiger partial charge < -0.3 is 9.30 Å². The molecule has 2 N–H and O–H groups in total. The van der Waals surface area contributed by atoms with Crippen molar-refractivity contribution in [3.8, 4) is 0 Å². The molecule has 2 saturated carbocycles. The Labute approximate surface area is 124 Å². The first-order valence-electron chi connectivity index (χ1n) is 7.41. The molecule has 0 unspecified atom stereocenters. The van der Waals surface area contributed by atoms with Crippen molar-refractivity contribution in [1.29, 1.82) is 0 Å². The van der Waals surface area contributed by atoms with Crippen LogP contribution in [0.15, 0.2) is 17.2 Å². The largest absolute Gasteiger partial charge is 0.458 e. The molecule has 0 atom stereocenters. The first-order valence-corrected chi connectivity index (χ1v) is 8.95. The fourth-order valence-corrected chi connectivity index (χ4v) is 3.49. The highest BCUT2D eigenvalue weighted by atomic mass is 32.2. The van der Waals surface area contributed by atoms with E-state index in [2.05, 4.69) is 0 Å². The highest BCUT2D eigenvalue weighted by Gasteiger charge is 2.29. The topological polar surface area (TPSA) is 91.4 Å². The minimum Gasteiger partial charge on any atom is -0.458 e. The molecule has 1 aromatic heterocycles. The molecule has 2 aliphatic rings. The Morgan fingerprint density at radius 1 is 1.19 bits per heavy atom. The summed E-state index contributed by atoms with van der Waals surface area (Å²) in [7, 11) is -3.81. The highest BCUT2D eigenvalue weighted by molar-refractivity contribution is 7.89. The van der Waals surface area contributed by atoms with Gasteiger partial charge >= 0.3 is 5.97 Å². The van der Waals surface area contributed by atoms with E-state index in [0.717, 1.165) is 44.9 Å². The average Bonchev–Trinajstić information content (AvgIpc) is 2.94. The Morgan fingerprint density at radius 3 is 2.38 bits per heavy atom. The van der Waals surface area contributed by atoms with E-state index < -0.39 is 16.0 Å². The van der Waals surface area contributed by atoms with Crippen LogP contribution in [0.5, 0.6) is 0 Å². The Kier molecular flexibility index (Phi) is 3.79.